The van der Waals surface area contributed by atoms with E-state index in [4.69, 9.17) is 43.7 Å². The Hall–Kier alpha value is -9.44. The molecule has 105 heavy (non-hydrogen) atoms. The lowest BCUT2D eigenvalue weighted by molar-refractivity contribution is 0.0838. The van der Waals surface area contributed by atoms with Gasteiger partial charge in [-0.05, 0) is 185 Å². The van der Waals surface area contributed by atoms with Crippen molar-refractivity contribution in [3.05, 3.63) is 175 Å². The third kappa shape index (κ3) is 15.4. The molecule has 7 aromatic heterocycles. The van der Waals surface area contributed by atoms with Crippen LogP contribution in [0, 0.1) is 6.92 Å². The van der Waals surface area contributed by atoms with Gasteiger partial charge in [0.15, 0.2) is 27.1 Å². The smallest absolute Gasteiger partial charge is 0.211 e. The maximum Gasteiger partial charge on any atom is 0.211 e. The standard InChI is InChI=1S/C27H27N3O4S.C26H29N7O2.C26H30N4O4S/c1-35(31,32)22-7-2-18(3-8-22)20-4-9-23-24(16-20)28-13-10-25(23)34-26-17-30(21-5-6-21)29-27(26)19-11-14-33-15-12-19;1-17-28-25-16-31(10-11-32(25)29-17)20-4-5-21-22(14-20)27-9-6-23(21)35-24-15-33(19-2-3-19)30-26(24)18-7-12-34-13-8-18;1-35(31,32)29-12-7-18(8-13-29)20-2-5-22-23(16-20)27-11-6-24(22)34-25-17-30(21-3-4-21)28-26(25)19-9-14-33-15-10-19/h2-4,7-10,13,16-17,19,21H,5-6,11-12,14-15H2,1H3;4-6,9,14-15,18-19H,2-3,7-8,10-13,16H2,1H3;2,5-7,11,16-17,19,21H,3-4,8-10,12-15H2,1H3. The first-order chi connectivity index (χ1) is 51.1. The van der Waals surface area contributed by atoms with E-state index in [2.05, 4.69) is 92.8 Å². The lowest BCUT2D eigenvalue weighted by atomic mass is 9.96. The number of anilines is 1. The topological polar surface area (TPSA) is 253 Å². The van der Waals surface area contributed by atoms with Gasteiger partial charge in [0.2, 0.25) is 10.0 Å². The molecule has 4 aromatic carbocycles. The summed E-state index contributed by atoms with van der Waals surface area (Å²) in [6, 6.07) is 32.8. The van der Waals surface area contributed by atoms with E-state index in [-0.39, 0.29) is 0 Å². The molecule has 544 valence electrons. The molecule has 3 saturated carbocycles. The number of aryl methyl sites for hydroxylation is 1. The minimum atomic E-state index is -3.23. The van der Waals surface area contributed by atoms with Crippen molar-refractivity contribution in [2.75, 3.05) is 76.7 Å². The normalized spacial score (nSPS) is 18.7. The zero-order valence-electron chi connectivity index (χ0n) is 59.4. The summed E-state index contributed by atoms with van der Waals surface area (Å²) >= 11 is 0. The van der Waals surface area contributed by atoms with Gasteiger partial charge in [0.25, 0.3) is 0 Å². The second-order valence-electron chi connectivity index (χ2n) is 28.9. The molecule has 0 amide bonds. The van der Waals surface area contributed by atoms with E-state index in [0.717, 1.165) is 222 Å². The van der Waals surface area contributed by atoms with Gasteiger partial charge in [-0.2, -0.15) is 24.7 Å². The summed E-state index contributed by atoms with van der Waals surface area (Å²) in [7, 11) is -6.39. The predicted octanol–water partition coefficient (Wildman–Crippen LogP) is 14.4. The number of benzene rings is 4. The highest BCUT2D eigenvalue weighted by Crippen LogP contribution is 2.46. The molecule has 0 atom stereocenters. The van der Waals surface area contributed by atoms with E-state index >= 15 is 0 Å². The number of fused-ring (bicyclic) bond motifs is 4. The quantitative estimate of drug-likeness (QED) is 0.0821. The number of aromatic nitrogens is 12. The van der Waals surface area contributed by atoms with Gasteiger partial charge in [0.1, 0.15) is 46.0 Å². The molecule has 12 heterocycles. The molecule has 0 spiro atoms. The fourth-order valence-electron chi connectivity index (χ4n) is 14.9. The average molecular weight is 1460 g/mol. The van der Waals surface area contributed by atoms with Gasteiger partial charge in [-0.1, -0.05) is 30.3 Å². The lowest BCUT2D eigenvalue weighted by Crippen LogP contribution is -2.34. The third-order valence-electron chi connectivity index (χ3n) is 21.3. The molecule has 11 aromatic rings. The van der Waals surface area contributed by atoms with Crippen molar-refractivity contribution in [3.63, 3.8) is 0 Å². The van der Waals surface area contributed by atoms with E-state index < -0.39 is 19.9 Å². The molecule has 26 heteroatoms. The van der Waals surface area contributed by atoms with Crippen molar-refractivity contribution >= 4 is 63.8 Å². The van der Waals surface area contributed by atoms with E-state index in [1.54, 1.807) is 24.5 Å². The zero-order valence-corrected chi connectivity index (χ0v) is 61.0. The minimum absolute atomic E-state index is 0.308. The molecular weight excluding hydrogens is 1370 g/mol. The number of sulfone groups is 1. The number of hydrogen-bond acceptors (Lipinski definition) is 19. The van der Waals surface area contributed by atoms with Crippen molar-refractivity contribution < 1.29 is 45.3 Å². The van der Waals surface area contributed by atoms with E-state index in [1.807, 2.05) is 78.6 Å². The van der Waals surface area contributed by atoms with Crippen LogP contribution in [0.25, 0.3) is 49.4 Å². The summed E-state index contributed by atoms with van der Waals surface area (Å²) in [5, 5.41) is 22.2. The lowest BCUT2D eigenvalue weighted by Gasteiger charge is -2.28. The molecule has 8 aliphatic rings. The fourth-order valence-corrected chi connectivity index (χ4v) is 16.3. The second-order valence-corrected chi connectivity index (χ2v) is 32.9. The number of hydrogen-bond donors (Lipinski definition) is 0. The number of nitrogens with zero attached hydrogens (tertiary/aromatic N) is 14. The van der Waals surface area contributed by atoms with Crippen LogP contribution in [0.3, 0.4) is 0 Å². The first-order valence-corrected chi connectivity index (χ1v) is 40.7. The van der Waals surface area contributed by atoms with Crippen LogP contribution in [0.2, 0.25) is 0 Å². The maximum absolute atomic E-state index is 11.8. The summed E-state index contributed by atoms with van der Waals surface area (Å²) in [6.45, 7) is 9.94. The largest absolute Gasteiger partial charge is 0.453 e. The van der Waals surface area contributed by atoms with Crippen LogP contribution in [0.4, 0.5) is 5.69 Å². The molecule has 0 unspecified atom stereocenters. The molecule has 3 saturated heterocycles. The number of ether oxygens (including phenoxy) is 6. The van der Waals surface area contributed by atoms with Gasteiger partial charge in [0, 0.05) is 124 Å². The minimum Gasteiger partial charge on any atom is -0.453 e. The SMILES string of the molecule is CS(=O)(=O)N1CC=C(c2ccc3c(Oc4cn(C5CC5)nc4C4CCOCC4)ccnc3c2)CC1.CS(=O)(=O)c1ccc(-c2ccc3c(Oc4cn(C5CC5)nc4C4CCOCC4)ccnc3c2)cc1.Cc1nc2n(n1)CCN(c1ccc3c(Oc4cn(C5CC5)nc4C4CCOCC4)ccnc3c1)C2. The van der Waals surface area contributed by atoms with Crippen LogP contribution in [-0.4, -0.2) is 152 Å². The maximum atomic E-state index is 11.8. The predicted molar refractivity (Wildman–Crippen MR) is 399 cm³/mol. The van der Waals surface area contributed by atoms with Crippen molar-refractivity contribution in [3.8, 4) is 45.6 Å². The van der Waals surface area contributed by atoms with Crippen molar-refractivity contribution in [2.45, 2.75) is 144 Å². The Morgan fingerprint density at radius 1 is 0.457 bits per heavy atom. The van der Waals surface area contributed by atoms with Gasteiger partial charge in [-0.25, -0.2) is 26.5 Å². The first-order valence-electron chi connectivity index (χ1n) is 36.9. The Morgan fingerprint density at radius 3 is 1.33 bits per heavy atom. The third-order valence-corrected chi connectivity index (χ3v) is 23.7. The molecule has 6 fully saturated rings. The summed E-state index contributed by atoms with van der Waals surface area (Å²) in [5.41, 5.74) is 11.0. The highest BCUT2D eigenvalue weighted by molar-refractivity contribution is 7.90. The first kappa shape index (κ1) is 68.7. The van der Waals surface area contributed by atoms with Gasteiger partial charge in [0.05, 0.1) is 77.5 Å². The van der Waals surface area contributed by atoms with Crippen LogP contribution in [0.5, 0.6) is 34.5 Å². The van der Waals surface area contributed by atoms with Crippen molar-refractivity contribution in [1.82, 2.24) is 63.4 Å². The van der Waals surface area contributed by atoms with Gasteiger partial charge >= 0.3 is 0 Å². The molecule has 3 aliphatic carbocycles. The summed E-state index contributed by atoms with van der Waals surface area (Å²) in [5.74, 6) is 7.75. The molecule has 0 bridgehead atoms. The van der Waals surface area contributed by atoms with Crippen LogP contribution >= 0.6 is 0 Å². The number of rotatable bonds is 17. The monoisotopic (exact) mass is 1450 g/mol. The Kier molecular flexibility index (Phi) is 19.0. The van der Waals surface area contributed by atoms with E-state index in [0.29, 0.717) is 60.3 Å². The van der Waals surface area contributed by atoms with Gasteiger partial charge in [-0.15, -0.1) is 0 Å². The van der Waals surface area contributed by atoms with E-state index in [9.17, 15) is 16.8 Å². The summed E-state index contributed by atoms with van der Waals surface area (Å²) in [6.07, 6.45) is 29.6. The van der Waals surface area contributed by atoms with Gasteiger partial charge in [-0.3, -0.25) is 29.0 Å². The highest BCUT2D eigenvalue weighted by atomic mass is 32.2. The molecular formula is C79H86N14O10S2. The second kappa shape index (κ2) is 29.1. The number of sulfonamides is 1. The average Bonchev–Trinajstić information content (AvgIpc) is 1.77. The Morgan fingerprint density at radius 2 is 0.895 bits per heavy atom. The van der Waals surface area contributed by atoms with Crippen molar-refractivity contribution in [1.29, 1.82) is 0 Å². The summed E-state index contributed by atoms with van der Waals surface area (Å²) in [4.78, 5) is 21.0. The summed E-state index contributed by atoms with van der Waals surface area (Å²) < 4.78 is 93.3. The molecule has 5 aliphatic heterocycles. The van der Waals surface area contributed by atoms with Crippen molar-refractivity contribution in [2.24, 2.45) is 0 Å². The Balaban J connectivity index is 0.000000116. The number of pyridine rings is 3. The Bertz CT molecular complexity index is 5300. The molecule has 0 N–H and O–H groups in total. The molecule has 0 radical (unpaired) electrons. The van der Waals surface area contributed by atoms with Crippen LogP contribution in [-0.2, 0) is 47.2 Å². The fraction of sp³-hybridized carbons (Fsp3) is 0.418. The van der Waals surface area contributed by atoms with Crippen LogP contribution < -0.4 is 19.1 Å². The molecule has 19 rings (SSSR count). The Labute approximate surface area is 610 Å². The molecule has 24 nitrogen and oxygen atoms in total. The zero-order chi connectivity index (χ0) is 71.3. The van der Waals surface area contributed by atoms with Gasteiger partial charge < -0.3 is 33.3 Å². The highest BCUT2D eigenvalue weighted by Gasteiger charge is 2.34. The van der Waals surface area contributed by atoms with Crippen LogP contribution in [0.15, 0.2) is 145 Å². The van der Waals surface area contributed by atoms with Crippen LogP contribution in [0.1, 0.15) is 154 Å². The van der Waals surface area contributed by atoms with E-state index in [1.165, 1.54) is 55.3 Å².